The van der Waals surface area contributed by atoms with Crippen LogP contribution >= 0.6 is 11.8 Å². The number of hydrogen-bond donors (Lipinski definition) is 1. The fourth-order valence-electron chi connectivity index (χ4n) is 2.80. The zero-order valence-electron chi connectivity index (χ0n) is 11.6. The standard InChI is InChI=1S/C14H23N3OS/c1-2-19-12-6-4-3-5-11(12)15-9-13-16-14(18-17-13)10-7-8-10/h10-12,15H,2-9H2,1H3/t11-,12+/m0/s1. The predicted octanol–water partition coefficient (Wildman–Crippen LogP) is 3.10. The molecule has 5 heteroatoms. The second-order valence-corrected chi connectivity index (χ2v) is 7.10. The molecule has 0 aliphatic heterocycles. The lowest BCUT2D eigenvalue weighted by atomic mass is 9.95. The molecule has 1 aromatic heterocycles. The van der Waals surface area contributed by atoms with Gasteiger partial charge in [0.25, 0.3) is 0 Å². The van der Waals surface area contributed by atoms with Gasteiger partial charge in [0, 0.05) is 17.2 Å². The summed E-state index contributed by atoms with van der Waals surface area (Å²) in [7, 11) is 0. The average Bonchev–Trinajstić information content (AvgIpc) is 3.18. The van der Waals surface area contributed by atoms with E-state index in [0.29, 0.717) is 12.0 Å². The number of thioether (sulfide) groups is 1. The van der Waals surface area contributed by atoms with Crippen LogP contribution in [0.25, 0.3) is 0 Å². The Hall–Kier alpha value is -0.550. The van der Waals surface area contributed by atoms with Crippen LogP contribution in [0.2, 0.25) is 0 Å². The van der Waals surface area contributed by atoms with E-state index in [9.17, 15) is 0 Å². The highest BCUT2D eigenvalue weighted by molar-refractivity contribution is 7.99. The van der Waals surface area contributed by atoms with Crippen molar-refractivity contribution in [2.24, 2.45) is 0 Å². The van der Waals surface area contributed by atoms with Crippen LogP contribution in [0.1, 0.15) is 63.1 Å². The third-order valence-corrected chi connectivity index (χ3v) is 5.34. The van der Waals surface area contributed by atoms with Gasteiger partial charge in [-0.2, -0.15) is 16.7 Å². The van der Waals surface area contributed by atoms with E-state index in [2.05, 4.69) is 34.1 Å². The third kappa shape index (κ3) is 3.51. The highest BCUT2D eigenvalue weighted by Gasteiger charge is 2.30. The van der Waals surface area contributed by atoms with Crippen molar-refractivity contribution in [1.29, 1.82) is 0 Å². The van der Waals surface area contributed by atoms with Crippen LogP contribution in [-0.4, -0.2) is 27.2 Å². The van der Waals surface area contributed by atoms with E-state index in [1.165, 1.54) is 44.3 Å². The lowest BCUT2D eigenvalue weighted by Crippen LogP contribution is -2.40. The first-order valence-electron chi connectivity index (χ1n) is 7.54. The first-order chi connectivity index (χ1) is 9.36. The minimum absolute atomic E-state index is 0.555. The summed E-state index contributed by atoms with van der Waals surface area (Å²) in [5.41, 5.74) is 0. The molecule has 0 saturated heterocycles. The van der Waals surface area contributed by atoms with Gasteiger partial charge in [0.1, 0.15) is 0 Å². The first kappa shape index (κ1) is 13.4. The number of aromatic nitrogens is 2. The molecule has 2 saturated carbocycles. The Kier molecular flexibility index (Phi) is 4.43. The van der Waals surface area contributed by atoms with Gasteiger partial charge in [-0.1, -0.05) is 24.9 Å². The quantitative estimate of drug-likeness (QED) is 0.868. The molecule has 19 heavy (non-hydrogen) atoms. The Bertz CT molecular complexity index is 403. The number of nitrogens with one attached hydrogen (secondary N) is 1. The maximum atomic E-state index is 5.30. The largest absolute Gasteiger partial charge is 0.339 e. The molecule has 3 rings (SSSR count). The van der Waals surface area contributed by atoms with Gasteiger partial charge in [-0.3, -0.25) is 0 Å². The van der Waals surface area contributed by atoms with Crippen LogP contribution in [0.15, 0.2) is 4.52 Å². The van der Waals surface area contributed by atoms with Crippen LogP contribution < -0.4 is 5.32 Å². The van der Waals surface area contributed by atoms with E-state index >= 15 is 0 Å². The third-order valence-electron chi connectivity index (χ3n) is 4.02. The van der Waals surface area contributed by atoms with Crippen molar-refractivity contribution in [3.63, 3.8) is 0 Å². The van der Waals surface area contributed by atoms with Gasteiger partial charge in [0.2, 0.25) is 5.89 Å². The summed E-state index contributed by atoms with van der Waals surface area (Å²) in [6, 6.07) is 0.613. The number of hydrogen-bond acceptors (Lipinski definition) is 5. The van der Waals surface area contributed by atoms with E-state index in [0.717, 1.165) is 23.5 Å². The summed E-state index contributed by atoms with van der Waals surface area (Å²) < 4.78 is 5.30. The van der Waals surface area contributed by atoms with E-state index in [4.69, 9.17) is 4.52 Å². The topological polar surface area (TPSA) is 51.0 Å². The van der Waals surface area contributed by atoms with E-state index in [-0.39, 0.29) is 0 Å². The van der Waals surface area contributed by atoms with Crippen molar-refractivity contribution in [1.82, 2.24) is 15.5 Å². The lowest BCUT2D eigenvalue weighted by Gasteiger charge is -2.31. The predicted molar refractivity (Wildman–Crippen MR) is 77.3 cm³/mol. The molecule has 106 valence electrons. The molecule has 0 radical (unpaired) electrons. The molecule has 1 heterocycles. The molecule has 2 aliphatic carbocycles. The van der Waals surface area contributed by atoms with Crippen LogP contribution in [0, 0.1) is 0 Å². The summed E-state index contributed by atoms with van der Waals surface area (Å²) in [4.78, 5) is 4.48. The smallest absolute Gasteiger partial charge is 0.229 e. The number of nitrogens with zero attached hydrogens (tertiary/aromatic N) is 2. The highest BCUT2D eigenvalue weighted by atomic mass is 32.2. The molecule has 0 bridgehead atoms. The van der Waals surface area contributed by atoms with Crippen molar-refractivity contribution in [3.05, 3.63) is 11.7 Å². The molecule has 2 aliphatic rings. The molecular formula is C14H23N3OS. The molecular weight excluding hydrogens is 258 g/mol. The Balaban J connectivity index is 1.51. The molecule has 0 unspecified atom stereocenters. The molecule has 4 nitrogen and oxygen atoms in total. The Morgan fingerprint density at radius 1 is 1.26 bits per heavy atom. The van der Waals surface area contributed by atoms with Crippen LogP contribution in [0.5, 0.6) is 0 Å². The Labute approximate surface area is 119 Å². The maximum absolute atomic E-state index is 5.30. The van der Waals surface area contributed by atoms with E-state index in [1.54, 1.807) is 0 Å². The van der Waals surface area contributed by atoms with Crippen LogP contribution in [0.3, 0.4) is 0 Å². The molecule has 2 atom stereocenters. The van der Waals surface area contributed by atoms with Crippen molar-refractivity contribution in [2.45, 2.75) is 69.2 Å². The van der Waals surface area contributed by atoms with Gasteiger partial charge in [0.05, 0.1) is 6.54 Å². The van der Waals surface area contributed by atoms with Gasteiger partial charge < -0.3 is 9.84 Å². The molecule has 1 N–H and O–H groups in total. The van der Waals surface area contributed by atoms with Crippen LogP contribution in [0.4, 0.5) is 0 Å². The second kappa shape index (κ2) is 6.27. The maximum Gasteiger partial charge on any atom is 0.229 e. The van der Waals surface area contributed by atoms with Gasteiger partial charge >= 0.3 is 0 Å². The summed E-state index contributed by atoms with van der Waals surface area (Å²) in [5.74, 6) is 3.43. The van der Waals surface area contributed by atoms with E-state index in [1.807, 2.05) is 0 Å². The number of rotatable bonds is 6. The minimum Gasteiger partial charge on any atom is -0.339 e. The second-order valence-electron chi connectivity index (χ2n) is 5.59. The monoisotopic (exact) mass is 281 g/mol. The van der Waals surface area contributed by atoms with Crippen molar-refractivity contribution >= 4 is 11.8 Å². The summed E-state index contributed by atoms with van der Waals surface area (Å²) in [6.45, 7) is 3.00. The molecule has 0 spiro atoms. The molecule has 0 aromatic carbocycles. The highest BCUT2D eigenvalue weighted by Crippen LogP contribution is 2.38. The fraction of sp³-hybridized carbons (Fsp3) is 0.857. The zero-order chi connectivity index (χ0) is 13.1. The van der Waals surface area contributed by atoms with Crippen molar-refractivity contribution in [3.8, 4) is 0 Å². The summed E-state index contributed by atoms with van der Waals surface area (Å²) in [6.07, 6.45) is 7.78. The van der Waals surface area contributed by atoms with Crippen molar-refractivity contribution in [2.75, 3.05) is 5.75 Å². The molecule has 2 fully saturated rings. The minimum atomic E-state index is 0.555. The van der Waals surface area contributed by atoms with Gasteiger partial charge in [-0.05, 0) is 31.4 Å². The zero-order valence-corrected chi connectivity index (χ0v) is 12.4. The van der Waals surface area contributed by atoms with Crippen LogP contribution in [-0.2, 0) is 6.54 Å². The normalized spacial score (nSPS) is 27.6. The SMILES string of the molecule is CCS[C@@H]1CCCC[C@@H]1NCc1noc(C2CC2)n1. The van der Waals surface area contributed by atoms with Crippen molar-refractivity contribution < 1.29 is 4.52 Å². The van der Waals surface area contributed by atoms with Gasteiger partial charge in [0.15, 0.2) is 5.82 Å². The Morgan fingerprint density at radius 2 is 2.11 bits per heavy atom. The summed E-state index contributed by atoms with van der Waals surface area (Å²) >= 11 is 2.09. The first-order valence-corrected chi connectivity index (χ1v) is 8.59. The lowest BCUT2D eigenvalue weighted by molar-refractivity contribution is 0.359. The van der Waals surface area contributed by atoms with Gasteiger partial charge in [-0.15, -0.1) is 0 Å². The molecule has 1 aromatic rings. The van der Waals surface area contributed by atoms with Gasteiger partial charge in [-0.25, -0.2) is 0 Å². The summed E-state index contributed by atoms with van der Waals surface area (Å²) in [5, 5.41) is 8.47. The Morgan fingerprint density at radius 3 is 2.89 bits per heavy atom. The molecule has 0 amide bonds. The average molecular weight is 281 g/mol. The fourth-order valence-corrected chi connectivity index (χ4v) is 4.03. The van der Waals surface area contributed by atoms with E-state index < -0.39 is 0 Å².